The Morgan fingerprint density at radius 3 is 2.82 bits per heavy atom. The first kappa shape index (κ1) is 14.6. The quantitative estimate of drug-likeness (QED) is 0.737. The minimum absolute atomic E-state index is 0.385. The van der Waals surface area contributed by atoms with Gasteiger partial charge in [0, 0.05) is 20.7 Å². The van der Waals surface area contributed by atoms with Crippen molar-refractivity contribution in [3.05, 3.63) is 15.9 Å². The summed E-state index contributed by atoms with van der Waals surface area (Å²) in [5, 5.41) is 17.1. The van der Waals surface area contributed by atoms with Crippen LogP contribution in [-0.2, 0) is 18.3 Å². The number of nitrogens with one attached hydrogen (secondary N) is 1. The number of nitrogens with zero attached hydrogens (tertiary/aromatic N) is 2. The average molecular weight is 306 g/mol. The van der Waals surface area contributed by atoms with Crippen molar-refractivity contribution in [3.8, 4) is 0 Å². The molecular formula is C11H20BrN3O2. The Bertz CT molecular complexity index is 355. The molecule has 0 aliphatic heterocycles. The van der Waals surface area contributed by atoms with Crippen LogP contribution in [0.4, 0.5) is 0 Å². The van der Waals surface area contributed by atoms with Crippen molar-refractivity contribution in [1.82, 2.24) is 15.1 Å². The summed E-state index contributed by atoms with van der Waals surface area (Å²) in [5.41, 5.74) is 2.10. The number of ether oxygens (including phenoxy) is 1. The number of aryl methyl sites for hydroxylation is 2. The van der Waals surface area contributed by atoms with Gasteiger partial charge in [-0.1, -0.05) is 0 Å². The summed E-state index contributed by atoms with van der Waals surface area (Å²) in [6.45, 7) is 3.84. The van der Waals surface area contributed by atoms with Crippen molar-refractivity contribution in [2.24, 2.45) is 7.05 Å². The third-order valence-corrected chi connectivity index (χ3v) is 3.60. The zero-order valence-corrected chi connectivity index (χ0v) is 12.1. The molecule has 5 nitrogen and oxygen atoms in total. The second-order valence-corrected chi connectivity index (χ2v) is 4.84. The zero-order valence-electron chi connectivity index (χ0n) is 10.5. The fourth-order valence-electron chi connectivity index (χ4n) is 1.62. The van der Waals surface area contributed by atoms with E-state index in [2.05, 4.69) is 26.3 Å². The molecule has 0 saturated carbocycles. The maximum Gasteiger partial charge on any atom is 0.0785 e. The highest BCUT2D eigenvalue weighted by Gasteiger charge is 2.10. The highest BCUT2D eigenvalue weighted by Crippen LogP contribution is 2.19. The molecule has 0 bridgehead atoms. The van der Waals surface area contributed by atoms with Crippen LogP contribution in [0.3, 0.4) is 0 Å². The summed E-state index contributed by atoms with van der Waals surface area (Å²) in [6.07, 6.45) is 0.284. The van der Waals surface area contributed by atoms with Gasteiger partial charge >= 0.3 is 0 Å². The number of methoxy groups -OCH3 is 1. The van der Waals surface area contributed by atoms with Crippen LogP contribution >= 0.6 is 15.9 Å². The third kappa shape index (κ3) is 4.39. The van der Waals surface area contributed by atoms with Crippen LogP contribution in [0.5, 0.6) is 0 Å². The van der Waals surface area contributed by atoms with E-state index in [1.807, 2.05) is 18.7 Å². The minimum atomic E-state index is -0.399. The molecule has 2 N–H and O–H groups in total. The first-order valence-electron chi connectivity index (χ1n) is 5.62. The lowest BCUT2D eigenvalue weighted by Gasteiger charge is -2.10. The van der Waals surface area contributed by atoms with Crippen LogP contribution < -0.4 is 5.32 Å². The summed E-state index contributed by atoms with van der Waals surface area (Å²) < 4.78 is 7.77. The zero-order chi connectivity index (χ0) is 12.8. The van der Waals surface area contributed by atoms with Gasteiger partial charge < -0.3 is 15.2 Å². The molecule has 17 heavy (non-hydrogen) atoms. The standard InChI is InChI=1S/C11H20BrN3O2/c1-8-11(12)10(15(2)14-8)6-13-5-4-9(16)7-17-3/h9,13,16H,4-7H2,1-3H3. The van der Waals surface area contributed by atoms with Crippen LogP contribution in [0.2, 0.25) is 0 Å². The van der Waals surface area contributed by atoms with E-state index in [0.29, 0.717) is 13.0 Å². The van der Waals surface area contributed by atoms with E-state index >= 15 is 0 Å². The van der Waals surface area contributed by atoms with Crippen molar-refractivity contribution in [2.75, 3.05) is 20.3 Å². The smallest absolute Gasteiger partial charge is 0.0785 e. The lowest BCUT2D eigenvalue weighted by molar-refractivity contribution is 0.0594. The molecule has 0 aliphatic carbocycles. The van der Waals surface area contributed by atoms with Gasteiger partial charge in [0.2, 0.25) is 0 Å². The van der Waals surface area contributed by atoms with Gasteiger partial charge in [0.05, 0.1) is 28.6 Å². The van der Waals surface area contributed by atoms with Crippen molar-refractivity contribution >= 4 is 15.9 Å². The fraction of sp³-hybridized carbons (Fsp3) is 0.727. The van der Waals surface area contributed by atoms with E-state index < -0.39 is 6.10 Å². The van der Waals surface area contributed by atoms with Crippen LogP contribution in [0.15, 0.2) is 4.47 Å². The van der Waals surface area contributed by atoms with Crippen molar-refractivity contribution < 1.29 is 9.84 Å². The molecule has 0 aliphatic rings. The number of aliphatic hydroxyl groups is 1. The SMILES string of the molecule is COCC(O)CCNCc1c(Br)c(C)nn1C. The highest BCUT2D eigenvalue weighted by atomic mass is 79.9. The van der Waals surface area contributed by atoms with Gasteiger partial charge in [-0.3, -0.25) is 4.68 Å². The van der Waals surface area contributed by atoms with E-state index in [1.54, 1.807) is 7.11 Å². The first-order valence-corrected chi connectivity index (χ1v) is 6.41. The molecule has 0 spiro atoms. The van der Waals surface area contributed by atoms with E-state index in [0.717, 1.165) is 29.0 Å². The fourth-order valence-corrected chi connectivity index (χ4v) is 2.10. The number of hydrogen-bond donors (Lipinski definition) is 2. The molecule has 1 aromatic rings. The Morgan fingerprint density at radius 1 is 1.59 bits per heavy atom. The Hall–Kier alpha value is -0.430. The number of rotatable bonds is 7. The molecule has 0 fully saturated rings. The molecule has 1 aromatic heterocycles. The molecule has 0 radical (unpaired) electrons. The summed E-state index contributed by atoms with van der Waals surface area (Å²) in [7, 11) is 3.51. The predicted molar refractivity (Wildman–Crippen MR) is 69.9 cm³/mol. The predicted octanol–water partition coefficient (Wildman–Crippen LogP) is 0.978. The molecule has 1 unspecified atom stereocenters. The average Bonchev–Trinajstić information content (AvgIpc) is 2.50. The van der Waals surface area contributed by atoms with Crippen molar-refractivity contribution in [2.45, 2.75) is 26.0 Å². The minimum Gasteiger partial charge on any atom is -0.391 e. The number of aromatic nitrogens is 2. The molecule has 6 heteroatoms. The lowest BCUT2D eigenvalue weighted by atomic mass is 10.2. The Kier molecular flexibility index (Phi) is 6.11. The van der Waals surface area contributed by atoms with Gasteiger partial charge in [-0.25, -0.2) is 0 Å². The van der Waals surface area contributed by atoms with E-state index in [-0.39, 0.29) is 0 Å². The van der Waals surface area contributed by atoms with E-state index in [4.69, 9.17) is 4.74 Å². The lowest BCUT2D eigenvalue weighted by Crippen LogP contribution is -2.23. The van der Waals surface area contributed by atoms with Crippen LogP contribution in [0.1, 0.15) is 17.8 Å². The van der Waals surface area contributed by atoms with E-state index in [9.17, 15) is 5.11 Å². The largest absolute Gasteiger partial charge is 0.391 e. The molecule has 0 amide bonds. The normalized spacial score (nSPS) is 13.0. The number of halogens is 1. The van der Waals surface area contributed by atoms with Gasteiger partial charge in [0.1, 0.15) is 0 Å². The molecule has 1 rings (SSSR count). The first-order chi connectivity index (χ1) is 8.06. The Morgan fingerprint density at radius 2 is 2.29 bits per heavy atom. The third-order valence-electron chi connectivity index (χ3n) is 2.57. The second-order valence-electron chi connectivity index (χ2n) is 4.04. The maximum absolute atomic E-state index is 9.47. The number of hydrogen-bond acceptors (Lipinski definition) is 4. The van der Waals surface area contributed by atoms with Gasteiger partial charge in [0.15, 0.2) is 0 Å². The van der Waals surface area contributed by atoms with Crippen LogP contribution in [-0.4, -0.2) is 41.3 Å². The van der Waals surface area contributed by atoms with Gasteiger partial charge in [-0.15, -0.1) is 0 Å². The summed E-state index contributed by atoms with van der Waals surface area (Å²) in [5.74, 6) is 0. The summed E-state index contributed by atoms with van der Waals surface area (Å²) in [6, 6.07) is 0. The van der Waals surface area contributed by atoms with Crippen molar-refractivity contribution in [3.63, 3.8) is 0 Å². The topological polar surface area (TPSA) is 59.3 Å². The van der Waals surface area contributed by atoms with Crippen molar-refractivity contribution in [1.29, 1.82) is 0 Å². The monoisotopic (exact) mass is 305 g/mol. The summed E-state index contributed by atoms with van der Waals surface area (Å²) >= 11 is 3.51. The molecule has 0 saturated heterocycles. The van der Waals surface area contributed by atoms with Crippen LogP contribution in [0.25, 0.3) is 0 Å². The highest BCUT2D eigenvalue weighted by molar-refractivity contribution is 9.10. The molecule has 1 heterocycles. The Labute approximate surface area is 110 Å². The van der Waals surface area contributed by atoms with Crippen LogP contribution in [0, 0.1) is 6.92 Å². The molecular weight excluding hydrogens is 286 g/mol. The Balaban J connectivity index is 2.31. The van der Waals surface area contributed by atoms with Gasteiger partial charge in [0.25, 0.3) is 0 Å². The molecule has 1 atom stereocenters. The van der Waals surface area contributed by atoms with Gasteiger partial charge in [-0.2, -0.15) is 5.10 Å². The second kappa shape index (κ2) is 7.10. The summed E-state index contributed by atoms with van der Waals surface area (Å²) in [4.78, 5) is 0. The van der Waals surface area contributed by atoms with Gasteiger partial charge in [-0.05, 0) is 35.8 Å². The molecule has 0 aromatic carbocycles. The van der Waals surface area contributed by atoms with E-state index in [1.165, 1.54) is 0 Å². The maximum atomic E-state index is 9.47. The molecule has 98 valence electrons. The number of aliphatic hydroxyl groups excluding tert-OH is 1.